The van der Waals surface area contributed by atoms with Crippen molar-refractivity contribution in [3.63, 3.8) is 0 Å². The predicted octanol–water partition coefficient (Wildman–Crippen LogP) is 1.79. The van der Waals surface area contributed by atoms with Crippen LogP contribution in [0.25, 0.3) is 0 Å². The molecule has 1 aliphatic heterocycles. The molecule has 184 valence electrons. The van der Waals surface area contributed by atoms with Crippen LogP contribution in [0, 0.1) is 0 Å². The van der Waals surface area contributed by atoms with Gasteiger partial charge in [0, 0.05) is 31.4 Å². The molecule has 1 heterocycles. The zero-order chi connectivity index (χ0) is 24.8. The number of phenolic OH excluding ortho intramolecular Hbond substituents is 3. The normalized spacial score (nSPS) is 22.2. The van der Waals surface area contributed by atoms with E-state index in [-0.39, 0.29) is 42.9 Å². The van der Waals surface area contributed by atoms with Crippen LogP contribution in [0.4, 0.5) is 0 Å². The third-order valence-electron chi connectivity index (χ3n) is 5.41. The second kappa shape index (κ2) is 11.2. The summed E-state index contributed by atoms with van der Waals surface area (Å²) in [4.78, 5) is 23.9. The van der Waals surface area contributed by atoms with Gasteiger partial charge < -0.3 is 39.7 Å². The van der Waals surface area contributed by atoms with Crippen LogP contribution in [0.5, 0.6) is 23.0 Å². The quantitative estimate of drug-likeness (QED) is 0.266. The van der Waals surface area contributed by atoms with E-state index in [9.17, 15) is 35.1 Å². The van der Waals surface area contributed by atoms with Gasteiger partial charge in [0.2, 0.25) is 6.29 Å². The van der Waals surface area contributed by atoms with Gasteiger partial charge in [0.15, 0.2) is 5.78 Å². The second-order valence-corrected chi connectivity index (χ2v) is 7.99. The van der Waals surface area contributed by atoms with Crippen molar-refractivity contribution in [2.24, 2.45) is 0 Å². The highest BCUT2D eigenvalue weighted by atomic mass is 16.7. The molecule has 0 saturated carbocycles. The maximum atomic E-state index is 12.6. The third kappa shape index (κ3) is 6.37. The number of aromatic hydroxyl groups is 3. The molecule has 3 rings (SSSR count). The molecule has 10 nitrogen and oxygen atoms in total. The van der Waals surface area contributed by atoms with Crippen molar-refractivity contribution >= 4 is 11.8 Å². The number of aryl methyl sites for hydroxylation is 1. The lowest BCUT2D eigenvalue weighted by molar-refractivity contribution is -0.242. The Morgan fingerprint density at radius 3 is 2.29 bits per heavy atom. The van der Waals surface area contributed by atoms with Crippen LogP contribution in [0.15, 0.2) is 36.4 Å². The van der Waals surface area contributed by atoms with Crippen molar-refractivity contribution in [3.05, 3.63) is 47.5 Å². The highest BCUT2D eigenvalue weighted by Crippen LogP contribution is 2.35. The molecule has 0 aromatic heterocycles. The Balaban J connectivity index is 1.65. The van der Waals surface area contributed by atoms with Crippen molar-refractivity contribution in [3.8, 4) is 23.0 Å². The standard InChI is InChI=1S/C24H28O10/c1-2-22(31)32-12-21-17(27)11-20(30)24(34-21)33-15-9-18(28)23(19(29)10-15)16(26)8-5-13-3-6-14(25)7-4-13/h3-4,6-7,9-10,17,20-21,24-25,27-30H,2,5,8,11-12H2,1H3/t17?,20-,21-,24-/m1/s1. The molecule has 0 spiro atoms. The summed E-state index contributed by atoms with van der Waals surface area (Å²) in [7, 11) is 0. The first-order valence-electron chi connectivity index (χ1n) is 10.9. The molecule has 5 N–H and O–H groups in total. The summed E-state index contributed by atoms with van der Waals surface area (Å²) in [6.07, 6.45) is -4.14. The SMILES string of the molecule is CCC(=O)OC[C@H]1O[C@@H](Oc2cc(O)c(C(=O)CCc3ccc(O)cc3)c(O)c2)[C@H](O)CC1O. The molecule has 0 aliphatic carbocycles. The summed E-state index contributed by atoms with van der Waals surface area (Å²) in [6.45, 7) is 1.39. The number of aliphatic hydroxyl groups excluding tert-OH is 2. The summed E-state index contributed by atoms with van der Waals surface area (Å²) < 4.78 is 16.0. The van der Waals surface area contributed by atoms with Crippen molar-refractivity contribution < 1.29 is 49.3 Å². The van der Waals surface area contributed by atoms with E-state index in [0.29, 0.717) is 6.42 Å². The lowest BCUT2D eigenvalue weighted by Gasteiger charge is -2.36. The van der Waals surface area contributed by atoms with Crippen LogP contribution in [0.1, 0.15) is 42.1 Å². The van der Waals surface area contributed by atoms with Crippen molar-refractivity contribution in [2.75, 3.05) is 6.61 Å². The van der Waals surface area contributed by atoms with E-state index in [2.05, 4.69) is 0 Å². The van der Waals surface area contributed by atoms with E-state index in [0.717, 1.165) is 17.7 Å². The highest BCUT2D eigenvalue weighted by molar-refractivity contribution is 6.01. The molecule has 1 fully saturated rings. The Morgan fingerprint density at radius 2 is 1.68 bits per heavy atom. The van der Waals surface area contributed by atoms with E-state index in [1.807, 2.05) is 0 Å². The Hall–Kier alpha value is -3.34. The monoisotopic (exact) mass is 476 g/mol. The first-order valence-corrected chi connectivity index (χ1v) is 10.9. The summed E-state index contributed by atoms with van der Waals surface area (Å²) in [5, 5.41) is 50.3. The lowest BCUT2D eigenvalue weighted by Crippen LogP contribution is -2.51. The maximum absolute atomic E-state index is 12.6. The number of esters is 1. The first-order chi connectivity index (χ1) is 16.2. The van der Waals surface area contributed by atoms with Gasteiger partial charge in [-0.1, -0.05) is 19.1 Å². The number of carbonyl (C=O) groups is 2. The van der Waals surface area contributed by atoms with Gasteiger partial charge in [0.25, 0.3) is 0 Å². The topological polar surface area (TPSA) is 163 Å². The minimum atomic E-state index is -1.27. The van der Waals surface area contributed by atoms with Crippen LogP contribution < -0.4 is 4.74 Å². The van der Waals surface area contributed by atoms with Gasteiger partial charge in [-0.2, -0.15) is 0 Å². The van der Waals surface area contributed by atoms with Crippen LogP contribution >= 0.6 is 0 Å². The van der Waals surface area contributed by atoms with E-state index in [4.69, 9.17) is 14.2 Å². The fourth-order valence-electron chi connectivity index (χ4n) is 3.52. The summed E-state index contributed by atoms with van der Waals surface area (Å²) in [5.74, 6) is -1.95. The fraction of sp³-hybridized carbons (Fsp3) is 0.417. The highest BCUT2D eigenvalue weighted by Gasteiger charge is 2.38. The van der Waals surface area contributed by atoms with Gasteiger partial charge in [0.05, 0.1) is 6.10 Å². The third-order valence-corrected chi connectivity index (χ3v) is 5.41. The zero-order valence-corrected chi connectivity index (χ0v) is 18.6. The molecule has 1 aliphatic rings. The number of ether oxygens (including phenoxy) is 3. The Morgan fingerprint density at radius 1 is 1.03 bits per heavy atom. The molecule has 4 atom stereocenters. The zero-order valence-electron chi connectivity index (χ0n) is 18.6. The van der Waals surface area contributed by atoms with Crippen molar-refractivity contribution in [1.82, 2.24) is 0 Å². The molecule has 1 saturated heterocycles. The average molecular weight is 476 g/mol. The first kappa shape index (κ1) is 25.3. The second-order valence-electron chi connectivity index (χ2n) is 7.99. The summed E-state index contributed by atoms with van der Waals surface area (Å²) in [5.41, 5.74) is 0.533. The minimum Gasteiger partial charge on any atom is -0.508 e. The number of phenols is 3. The van der Waals surface area contributed by atoms with Gasteiger partial charge in [0.1, 0.15) is 47.4 Å². The minimum absolute atomic E-state index is 0.00655. The number of ketones is 1. The lowest BCUT2D eigenvalue weighted by atomic mass is 10.0. The fourth-order valence-corrected chi connectivity index (χ4v) is 3.52. The Bertz CT molecular complexity index is 980. The van der Waals surface area contributed by atoms with E-state index in [1.54, 1.807) is 19.1 Å². The molecule has 2 aromatic rings. The van der Waals surface area contributed by atoms with E-state index in [1.165, 1.54) is 12.1 Å². The number of hydrogen-bond donors (Lipinski definition) is 5. The number of aliphatic hydroxyl groups is 2. The maximum Gasteiger partial charge on any atom is 0.305 e. The van der Waals surface area contributed by atoms with Crippen LogP contribution in [-0.4, -0.2) is 68.5 Å². The number of hydrogen-bond acceptors (Lipinski definition) is 10. The van der Waals surface area contributed by atoms with Gasteiger partial charge in [-0.25, -0.2) is 0 Å². The van der Waals surface area contributed by atoms with Gasteiger partial charge in [-0.05, 0) is 24.1 Å². The molecule has 2 aromatic carbocycles. The Labute approximate surface area is 195 Å². The predicted molar refractivity (Wildman–Crippen MR) is 118 cm³/mol. The van der Waals surface area contributed by atoms with Gasteiger partial charge >= 0.3 is 5.97 Å². The molecule has 10 heteroatoms. The van der Waals surface area contributed by atoms with Crippen LogP contribution in [0.3, 0.4) is 0 Å². The molecular formula is C24H28O10. The van der Waals surface area contributed by atoms with E-state index < -0.39 is 47.9 Å². The van der Waals surface area contributed by atoms with Gasteiger partial charge in [-0.15, -0.1) is 0 Å². The van der Waals surface area contributed by atoms with Crippen molar-refractivity contribution in [2.45, 2.75) is 57.2 Å². The Kier molecular flexibility index (Phi) is 8.32. The molecule has 34 heavy (non-hydrogen) atoms. The number of Topliss-reactive ketones (excluding diaryl/α,β-unsaturated/α-hetero) is 1. The molecule has 0 amide bonds. The molecule has 1 unspecified atom stereocenters. The van der Waals surface area contributed by atoms with Gasteiger partial charge in [-0.3, -0.25) is 9.59 Å². The molecular weight excluding hydrogens is 448 g/mol. The average Bonchev–Trinajstić information content (AvgIpc) is 2.79. The summed E-state index contributed by atoms with van der Waals surface area (Å²) >= 11 is 0. The number of benzene rings is 2. The number of rotatable bonds is 9. The van der Waals surface area contributed by atoms with Crippen LogP contribution in [-0.2, 0) is 20.7 Å². The van der Waals surface area contributed by atoms with Crippen LogP contribution in [0.2, 0.25) is 0 Å². The largest absolute Gasteiger partial charge is 0.508 e. The summed E-state index contributed by atoms with van der Waals surface area (Å²) in [6, 6.07) is 8.56. The number of carbonyl (C=O) groups excluding carboxylic acids is 2. The van der Waals surface area contributed by atoms with E-state index >= 15 is 0 Å². The smallest absolute Gasteiger partial charge is 0.305 e. The molecule has 0 bridgehead atoms. The van der Waals surface area contributed by atoms with Crippen molar-refractivity contribution in [1.29, 1.82) is 0 Å². The molecule has 0 radical (unpaired) electrons.